The second-order valence-electron chi connectivity index (χ2n) is 7.10. The fraction of sp³-hybridized carbons (Fsp3) is 0.130. The lowest BCUT2D eigenvalue weighted by molar-refractivity contribution is 0.0599. The number of hydrogen-bond donors (Lipinski definition) is 1. The van der Waals surface area contributed by atoms with E-state index in [9.17, 15) is 9.59 Å². The number of halogens is 2. The van der Waals surface area contributed by atoms with Crippen molar-refractivity contribution in [3.8, 4) is 5.75 Å². The molecule has 0 fully saturated rings. The Bertz CT molecular complexity index is 1330. The first-order valence-corrected chi connectivity index (χ1v) is 10.8. The number of anilines is 1. The summed E-state index contributed by atoms with van der Waals surface area (Å²) in [7, 11) is 1.33. The molecular weight excluding hydrogens is 481 g/mol. The van der Waals surface area contributed by atoms with Gasteiger partial charge in [0.15, 0.2) is 12.4 Å². The van der Waals surface area contributed by atoms with Gasteiger partial charge in [0, 0.05) is 12.4 Å². The number of esters is 1. The number of aromatic nitrogens is 4. The molecule has 0 saturated heterocycles. The highest BCUT2D eigenvalue weighted by Gasteiger charge is 2.14. The lowest BCUT2D eigenvalue weighted by Crippen LogP contribution is -2.14. The van der Waals surface area contributed by atoms with E-state index in [2.05, 4.69) is 15.5 Å². The van der Waals surface area contributed by atoms with Crippen molar-refractivity contribution < 1.29 is 19.1 Å². The molecule has 0 aliphatic heterocycles. The number of nitrogens with zero attached hydrogens (tertiary/aromatic N) is 4. The Hall–Kier alpha value is -3.82. The van der Waals surface area contributed by atoms with Crippen molar-refractivity contribution in [3.63, 3.8) is 0 Å². The summed E-state index contributed by atoms with van der Waals surface area (Å²) >= 11 is 12.1. The standard InChI is InChI=1S/C23H19Cl2N5O4/c1-33-23(32)17-6-3-2-5-15(17)12-30-13-16(11-26-30)27-22(31)19-9-10-29(28-19)14-34-20-8-4-7-18(24)21(20)25/h2-11,13H,12,14H2,1H3,(H,27,31). The van der Waals surface area contributed by atoms with E-state index >= 15 is 0 Å². The van der Waals surface area contributed by atoms with Crippen molar-refractivity contribution in [1.29, 1.82) is 0 Å². The Morgan fingerprint density at radius 2 is 1.88 bits per heavy atom. The summed E-state index contributed by atoms with van der Waals surface area (Å²) in [5.74, 6) is -0.417. The minimum Gasteiger partial charge on any atom is -0.470 e. The van der Waals surface area contributed by atoms with Crippen LogP contribution in [0, 0.1) is 0 Å². The van der Waals surface area contributed by atoms with Crippen LogP contribution in [0.1, 0.15) is 26.4 Å². The summed E-state index contributed by atoms with van der Waals surface area (Å²) in [4.78, 5) is 24.5. The quantitative estimate of drug-likeness (QED) is 0.358. The third-order valence-electron chi connectivity index (χ3n) is 4.79. The summed E-state index contributed by atoms with van der Waals surface area (Å²) in [5, 5.41) is 11.9. The fourth-order valence-electron chi connectivity index (χ4n) is 3.14. The van der Waals surface area contributed by atoms with E-state index in [-0.39, 0.29) is 12.4 Å². The average Bonchev–Trinajstić information content (AvgIpc) is 3.49. The second kappa shape index (κ2) is 10.4. The first-order valence-electron chi connectivity index (χ1n) is 10.0. The molecule has 0 atom stereocenters. The maximum atomic E-state index is 12.6. The second-order valence-corrected chi connectivity index (χ2v) is 7.88. The summed E-state index contributed by atoms with van der Waals surface area (Å²) in [6.45, 7) is 0.379. The van der Waals surface area contributed by atoms with E-state index in [1.165, 1.54) is 18.0 Å². The zero-order valence-electron chi connectivity index (χ0n) is 17.9. The molecule has 2 aromatic carbocycles. The highest BCUT2D eigenvalue weighted by atomic mass is 35.5. The van der Waals surface area contributed by atoms with Crippen LogP contribution in [0.4, 0.5) is 5.69 Å². The molecule has 0 spiro atoms. The maximum Gasteiger partial charge on any atom is 0.338 e. The van der Waals surface area contributed by atoms with Crippen LogP contribution in [0.2, 0.25) is 10.0 Å². The Morgan fingerprint density at radius 1 is 1.06 bits per heavy atom. The van der Waals surface area contributed by atoms with E-state index in [0.29, 0.717) is 33.6 Å². The molecule has 11 heteroatoms. The predicted octanol–water partition coefficient (Wildman–Crippen LogP) is 4.51. The Balaban J connectivity index is 1.37. The van der Waals surface area contributed by atoms with Gasteiger partial charge in [0.2, 0.25) is 0 Å². The molecule has 0 aliphatic rings. The number of benzene rings is 2. The minimum absolute atomic E-state index is 0.0465. The average molecular weight is 500 g/mol. The molecule has 0 bridgehead atoms. The van der Waals surface area contributed by atoms with Gasteiger partial charge >= 0.3 is 5.97 Å². The molecule has 1 N–H and O–H groups in total. The summed E-state index contributed by atoms with van der Waals surface area (Å²) in [5.41, 5.74) is 1.88. The molecule has 174 valence electrons. The van der Waals surface area contributed by atoms with Gasteiger partial charge in [-0.2, -0.15) is 10.2 Å². The van der Waals surface area contributed by atoms with E-state index in [1.807, 2.05) is 12.1 Å². The van der Waals surface area contributed by atoms with Gasteiger partial charge in [0.05, 0.1) is 36.1 Å². The monoisotopic (exact) mass is 499 g/mol. The smallest absolute Gasteiger partial charge is 0.338 e. The largest absolute Gasteiger partial charge is 0.470 e. The molecule has 4 aromatic rings. The van der Waals surface area contributed by atoms with Crippen molar-refractivity contribution in [1.82, 2.24) is 19.6 Å². The number of hydrogen-bond acceptors (Lipinski definition) is 6. The van der Waals surface area contributed by atoms with Crippen LogP contribution in [-0.2, 0) is 18.0 Å². The van der Waals surface area contributed by atoms with Crippen molar-refractivity contribution in [3.05, 3.63) is 94.0 Å². The van der Waals surface area contributed by atoms with Crippen molar-refractivity contribution in [2.45, 2.75) is 13.3 Å². The maximum absolute atomic E-state index is 12.6. The van der Waals surface area contributed by atoms with Crippen LogP contribution >= 0.6 is 23.2 Å². The van der Waals surface area contributed by atoms with Crippen LogP contribution in [0.25, 0.3) is 0 Å². The zero-order chi connectivity index (χ0) is 24.1. The molecule has 2 aromatic heterocycles. The Kier molecular flexibility index (Phi) is 7.15. The van der Waals surface area contributed by atoms with Gasteiger partial charge < -0.3 is 14.8 Å². The van der Waals surface area contributed by atoms with Gasteiger partial charge in [-0.25, -0.2) is 9.48 Å². The number of carbonyl (C=O) groups is 2. The van der Waals surface area contributed by atoms with Gasteiger partial charge in [0.1, 0.15) is 10.8 Å². The molecule has 0 radical (unpaired) electrons. The van der Waals surface area contributed by atoms with E-state index < -0.39 is 11.9 Å². The van der Waals surface area contributed by atoms with Crippen molar-refractivity contribution >= 4 is 40.8 Å². The molecule has 34 heavy (non-hydrogen) atoms. The van der Waals surface area contributed by atoms with E-state index in [1.54, 1.807) is 53.5 Å². The third kappa shape index (κ3) is 5.38. The van der Waals surface area contributed by atoms with Crippen LogP contribution in [0.3, 0.4) is 0 Å². The van der Waals surface area contributed by atoms with Crippen molar-refractivity contribution in [2.75, 3.05) is 12.4 Å². The van der Waals surface area contributed by atoms with Gasteiger partial charge in [-0.15, -0.1) is 0 Å². The Morgan fingerprint density at radius 3 is 2.71 bits per heavy atom. The summed E-state index contributed by atoms with van der Waals surface area (Å²) < 4.78 is 13.5. The number of nitrogens with one attached hydrogen (secondary N) is 1. The van der Waals surface area contributed by atoms with Gasteiger partial charge in [-0.1, -0.05) is 47.5 Å². The van der Waals surface area contributed by atoms with Crippen LogP contribution in [0.15, 0.2) is 67.1 Å². The molecule has 0 aliphatic carbocycles. The SMILES string of the molecule is COC(=O)c1ccccc1Cn1cc(NC(=O)c2ccn(COc3cccc(Cl)c3Cl)n2)cn1. The first-order chi connectivity index (χ1) is 16.4. The van der Waals surface area contributed by atoms with Gasteiger partial charge in [-0.3, -0.25) is 9.48 Å². The van der Waals surface area contributed by atoms with E-state index in [4.69, 9.17) is 32.7 Å². The number of carbonyl (C=O) groups excluding carboxylic acids is 2. The van der Waals surface area contributed by atoms with Crippen molar-refractivity contribution in [2.24, 2.45) is 0 Å². The lowest BCUT2D eigenvalue weighted by atomic mass is 10.1. The lowest BCUT2D eigenvalue weighted by Gasteiger charge is -2.08. The molecule has 1 amide bonds. The minimum atomic E-state index is -0.423. The topological polar surface area (TPSA) is 100 Å². The number of rotatable bonds is 8. The van der Waals surface area contributed by atoms with E-state index in [0.717, 1.165) is 5.56 Å². The molecule has 9 nitrogen and oxygen atoms in total. The van der Waals surface area contributed by atoms with Crippen LogP contribution in [-0.4, -0.2) is 38.5 Å². The fourth-order valence-corrected chi connectivity index (χ4v) is 3.48. The Labute approximate surface area is 204 Å². The molecule has 0 unspecified atom stereocenters. The first kappa shape index (κ1) is 23.3. The predicted molar refractivity (Wildman–Crippen MR) is 126 cm³/mol. The molecule has 4 rings (SSSR count). The molecule has 0 saturated carbocycles. The highest BCUT2D eigenvalue weighted by Crippen LogP contribution is 2.31. The highest BCUT2D eigenvalue weighted by molar-refractivity contribution is 6.42. The number of amides is 1. The number of methoxy groups -OCH3 is 1. The molecule has 2 heterocycles. The van der Waals surface area contributed by atoms with Crippen LogP contribution in [0.5, 0.6) is 5.75 Å². The van der Waals surface area contributed by atoms with Gasteiger partial charge in [0.25, 0.3) is 5.91 Å². The molecular formula is C23H19Cl2N5O4. The van der Waals surface area contributed by atoms with Gasteiger partial charge in [-0.05, 0) is 29.8 Å². The third-order valence-corrected chi connectivity index (χ3v) is 5.59. The summed E-state index contributed by atoms with van der Waals surface area (Å²) in [6.07, 6.45) is 4.79. The van der Waals surface area contributed by atoms with Crippen LogP contribution < -0.4 is 10.1 Å². The normalized spacial score (nSPS) is 10.7. The zero-order valence-corrected chi connectivity index (χ0v) is 19.5. The summed E-state index contributed by atoms with van der Waals surface area (Å²) in [6, 6.07) is 13.7. The number of ether oxygens (including phenoxy) is 2.